The topological polar surface area (TPSA) is 67.7 Å². The molecule has 126 valence electrons. The number of hydrogen-bond donors (Lipinski definition) is 0. The van der Waals surface area contributed by atoms with Gasteiger partial charge < -0.3 is 14.5 Å². The number of fused-ring (bicyclic) bond motifs is 3. The van der Waals surface area contributed by atoms with E-state index < -0.39 is 5.60 Å². The van der Waals surface area contributed by atoms with Gasteiger partial charge in [0, 0.05) is 31.4 Å². The molecular formula is C16H24N4O3. The van der Waals surface area contributed by atoms with Crippen LogP contribution in [0.5, 0.6) is 0 Å². The Morgan fingerprint density at radius 1 is 1.30 bits per heavy atom. The van der Waals surface area contributed by atoms with Gasteiger partial charge in [0.15, 0.2) is 0 Å². The van der Waals surface area contributed by atoms with E-state index in [4.69, 9.17) is 4.74 Å². The fraction of sp³-hybridized carbons (Fsp3) is 0.688. The maximum atomic E-state index is 12.3. The summed E-state index contributed by atoms with van der Waals surface area (Å²) in [6.45, 7) is 11.8. The van der Waals surface area contributed by atoms with Gasteiger partial charge in [0.05, 0.1) is 12.1 Å². The van der Waals surface area contributed by atoms with E-state index >= 15 is 0 Å². The number of aromatic nitrogens is 2. The molecule has 0 aliphatic carbocycles. The molecule has 0 radical (unpaired) electrons. The number of amides is 1. The molecule has 7 nitrogen and oxygen atoms in total. The van der Waals surface area contributed by atoms with Gasteiger partial charge in [0.2, 0.25) is 0 Å². The summed E-state index contributed by atoms with van der Waals surface area (Å²) in [4.78, 5) is 32.4. The van der Waals surface area contributed by atoms with E-state index in [0.717, 1.165) is 11.5 Å². The zero-order valence-electron chi connectivity index (χ0n) is 14.4. The van der Waals surface area contributed by atoms with E-state index in [0.29, 0.717) is 26.2 Å². The maximum Gasteiger partial charge on any atom is 0.410 e. The minimum atomic E-state index is -0.508. The summed E-state index contributed by atoms with van der Waals surface area (Å²) in [5.74, 6) is 0.897. The van der Waals surface area contributed by atoms with Crippen LogP contribution < -0.4 is 10.6 Å². The molecule has 3 rings (SSSR count). The number of rotatable bonds is 0. The van der Waals surface area contributed by atoms with Crippen LogP contribution in [0.25, 0.3) is 0 Å². The average molecular weight is 320 g/mol. The van der Waals surface area contributed by atoms with Crippen LogP contribution >= 0.6 is 0 Å². The lowest BCUT2D eigenvalue weighted by Gasteiger charge is -2.45. The molecule has 1 saturated heterocycles. The second-order valence-corrected chi connectivity index (χ2v) is 7.67. The summed E-state index contributed by atoms with van der Waals surface area (Å²) in [6, 6.07) is 1.94. The molecule has 23 heavy (non-hydrogen) atoms. The van der Waals surface area contributed by atoms with Crippen molar-refractivity contribution in [3.05, 3.63) is 22.2 Å². The van der Waals surface area contributed by atoms with Crippen molar-refractivity contribution in [2.45, 2.75) is 52.3 Å². The number of ether oxygens (including phenoxy) is 1. The van der Waals surface area contributed by atoms with Crippen LogP contribution in [0.1, 0.15) is 33.4 Å². The lowest BCUT2D eigenvalue weighted by molar-refractivity contribution is 0.0172. The Morgan fingerprint density at radius 2 is 2.00 bits per heavy atom. The zero-order valence-corrected chi connectivity index (χ0v) is 14.4. The van der Waals surface area contributed by atoms with Gasteiger partial charge in [-0.15, -0.1) is 0 Å². The van der Waals surface area contributed by atoms with Gasteiger partial charge in [0.25, 0.3) is 0 Å². The zero-order chi connectivity index (χ0) is 17.0. The van der Waals surface area contributed by atoms with E-state index in [9.17, 15) is 9.59 Å². The van der Waals surface area contributed by atoms with Crippen LogP contribution in [0.2, 0.25) is 0 Å². The summed E-state index contributed by atoms with van der Waals surface area (Å²) >= 11 is 0. The van der Waals surface area contributed by atoms with Crippen molar-refractivity contribution in [2.24, 2.45) is 0 Å². The maximum absolute atomic E-state index is 12.3. The number of aryl methyl sites for hydroxylation is 1. The van der Waals surface area contributed by atoms with Crippen molar-refractivity contribution in [3.8, 4) is 0 Å². The third kappa shape index (κ3) is 2.80. The third-order valence-corrected chi connectivity index (χ3v) is 4.32. The number of hydrogen-bond acceptors (Lipinski definition) is 5. The van der Waals surface area contributed by atoms with Gasteiger partial charge >= 0.3 is 11.8 Å². The fourth-order valence-corrected chi connectivity index (χ4v) is 3.39. The monoisotopic (exact) mass is 320 g/mol. The van der Waals surface area contributed by atoms with Crippen LogP contribution in [0.15, 0.2) is 10.9 Å². The van der Waals surface area contributed by atoms with E-state index in [2.05, 4.69) is 16.8 Å². The molecule has 0 spiro atoms. The second-order valence-electron chi connectivity index (χ2n) is 7.67. The molecule has 7 heteroatoms. The van der Waals surface area contributed by atoms with Crippen molar-refractivity contribution >= 4 is 11.9 Å². The molecule has 0 N–H and O–H groups in total. The molecular weight excluding hydrogens is 296 g/mol. The molecule has 1 unspecified atom stereocenters. The Morgan fingerprint density at radius 3 is 2.65 bits per heavy atom. The largest absolute Gasteiger partial charge is 0.444 e. The van der Waals surface area contributed by atoms with E-state index in [1.807, 2.05) is 33.8 Å². The molecule has 2 aliphatic rings. The van der Waals surface area contributed by atoms with Crippen LogP contribution in [0.4, 0.5) is 10.6 Å². The summed E-state index contributed by atoms with van der Waals surface area (Å²) in [5.41, 5.74) is -0.317. The number of anilines is 1. The summed E-state index contributed by atoms with van der Waals surface area (Å²) in [5, 5.41) is 0. The fourth-order valence-electron chi connectivity index (χ4n) is 3.39. The normalized spacial score (nSPS) is 23.5. The molecule has 1 atom stereocenters. The number of carbonyl (C=O) groups excluding carboxylic acids is 1. The van der Waals surface area contributed by atoms with E-state index in [1.54, 1.807) is 9.47 Å². The summed E-state index contributed by atoms with van der Waals surface area (Å²) < 4.78 is 7.18. The van der Waals surface area contributed by atoms with Gasteiger partial charge in [0.1, 0.15) is 11.4 Å². The van der Waals surface area contributed by atoms with Gasteiger partial charge in [-0.05, 0) is 34.6 Å². The average Bonchev–Trinajstić information content (AvgIpc) is 2.69. The lowest BCUT2D eigenvalue weighted by Crippen LogP contribution is -2.61. The van der Waals surface area contributed by atoms with Gasteiger partial charge in [-0.25, -0.2) is 9.59 Å². The molecule has 1 aromatic rings. The highest BCUT2D eigenvalue weighted by atomic mass is 16.6. The minimum absolute atomic E-state index is 0.223. The molecule has 0 bridgehead atoms. The summed E-state index contributed by atoms with van der Waals surface area (Å²) in [7, 11) is 0. The highest BCUT2D eigenvalue weighted by Crippen LogP contribution is 2.35. The van der Waals surface area contributed by atoms with Crippen molar-refractivity contribution in [3.63, 3.8) is 0 Å². The first kappa shape index (κ1) is 15.8. The first-order valence-electron chi connectivity index (χ1n) is 7.93. The number of piperazine rings is 1. The van der Waals surface area contributed by atoms with Crippen molar-refractivity contribution in [1.29, 1.82) is 0 Å². The van der Waals surface area contributed by atoms with Crippen molar-refractivity contribution < 1.29 is 9.53 Å². The van der Waals surface area contributed by atoms with Crippen molar-refractivity contribution in [1.82, 2.24) is 14.5 Å². The number of carbonyl (C=O) groups is 1. The van der Waals surface area contributed by atoms with Crippen LogP contribution in [0, 0.1) is 6.92 Å². The lowest BCUT2D eigenvalue weighted by atomic mass is 9.98. The standard InChI is InChI=1S/C16H24N4O3/c1-11-8-12-19(13(21)17-11)10-16(5)9-18(6-7-20(12)16)14(22)23-15(2,3)4/h8H,6-7,9-10H2,1-5H3. The van der Waals surface area contributed by atoms with Crippen LogP contribution in [-0.2, 0) is 11.3 Å². The molecule has 1 amide bonds. The first-order chi connectivity index (χ1) is 10.6. The molecule has 1 aromatic heterocycles. The van der Waals surface area contributed by atoms with Gasteiger partial charge in [-0.2, -0.15) is 4.98 Å². The Bertz CT molecular complexity index is 706. The second kappa shape index (κ2) is 4.97. The Balaban J connectivity index is 1.84. The SMILES string of the molecule is Cc1cc2n(c(=O)n1)CC1(C)CN(C(=O)OC(C)(C)C)CCN21. The Kier molecular flexibility index (Phi) is 3.42. The first-order valence-corrected chi connectivity index (χ1v) is 7.93. The molecule has 0 aromatic carbocycles. The number of nitrogens with zero attached hydrogens (tertiary/aromatic N) is 4. The van der Waals surface area contributed by atoms with E-state index in [-0.39, 0.29) is 17.3 Å². The van der Waals surface area contributed by atoms with Gasteiger partial charge in [-0.3, -0.25) is 4.57 Å². The smallest absolute Gasteiger partial charge is 0.410 e. The molecule has 2 aliphatic heterocycles. The quantitative estimate of drug-likeness (QED) is 0.722. The van der Waals surface area contributed by atoms with Crippen molar-refractivity contribution in [2.75, 3.05) is 24.5 Å². The van der Waals surface area contributed by atoms with Crippen LogP contribution in [-0.4, -0.2) is 51.3 Å². The third-order valence-electron chi connectivity index (χ3n) is 4.32. The Labute approximate surface area is 135 Å². The van der Waals surface area contributed by atoms with Crippen LogP contribution in [0.3, 0.4) is 0 Å². The predicted molar refractivity (Wildman–Crippen MR) is 86.8 cm³/mol. The highest BCUT2D eigenvalue weighted by molar-refractivity contribution is 5.69. The molecule has 1 fully saturated rings. The molecule has 0 saturated carbocycles. The Hall–Kier alpha value is -2.05. The van der Waals surface area contributed by atoms with Gasteiger partial charge in [-0.1, -0.05) is 0 Å². The summed E-state index contributed by atoms with van der Waals surface area (Å²) in [6.07, 6.45) is -0.295. The minimum Gasteiger partial charge on any atom is -0.444 e. The van der Waals surface area contributed by atoms with E-state index in [1.165, 1.54) is 0 Å². The highest BCUT2D eigenvalue weighted by Gasteiger charge is 2.46. The molecule has 3 heterocycles. The predicted octanol–water partition coefficient (Wildman–Crippen LogP) is 1.38.